The van der Waals surface area contributed by atoms with E-state index in [1.54, 1.807) is 25.5 Å². The fourth-order valence-electron chi connectivity index (χ4n) is 2.17. The zero-order valence-electron chi connectivity index (χ0n) is 10.8. The first kappa shape index (κ1) is 12.8. The van der Waals surface area contributed by atoms with Crippen molar-refractivity contribution in [2.45, 2.75) is 25.3 Å². The average Bonchev–Trinajstić information content (AvgIpc) is 2.39. The summed E-state index contributed by atoms with van der Waals surface area (Å²) in [6.45, 7) is 3.35. The van der Waals surface area contributed by atoms with Crippen molar-refractivity contribution >= 4 is 11.6 Å². The summed E-state index contributed by atoms with van der Waals surface area (Å²) in [5.41, 5.74) is 1.06. The van der Waals surface area contributed by atoms with E-state index in [0.29, 0.717) is 12.2 Å². The van der Waals surface area contributed by atoms with Crippen LogP contribution >= 0.6 is 0 Å². The number of nitrogens with zero attached hydrogens (tertiary/aromatic N) is 1. The normalized spacial score (nSPS) is 23.4. The highest BCUT2D eigenvalue weighted by Crippen LogP contribution is 2.20. The fourth-order valence-corrected chi connectivity index (χ4v) is 2.17. The van der Waals surface area contributed by atoms with E-state index in [4.69, 9.17) is 4.74 Å². The summed E-state index contributed by atoms with van der Waals surface area (Å²) < 4.78 is 5.43. The molecular formula is C13H19N3O2. The third-order valence-corrected chi connectivity index (χ3v) is 3.19. The molecule has 0 spiro atoms. The number of amides is 1. The van der Waals surface area contributed by atoms with Crippen LogP contribution in [0.15, 0.2) is 18.5 Å². The van der Waals surface area contributed by atoms with Gasteiger partial charge >= 0.3 is 0 Å². The summed E-state index contributed by atoms with van der Waals surface area (Å²) in [5.74, 6) is -0.111. The van der Waals surface area contributed by atoms with Crippen LogP contribution in [0.2, 0.25) is 0 Å². The number of anilines is 1. The van der Waals surface area contributed by atoms with Crippen molar-refractivity contribution in [2.24, 2.45) is 0 Å². The molecule has 0 aromatic carbocycles. The Balaban J connectivity index is 2.11. The second kappa shape index (κ2) is 5.35. The summed E-state index contributed by atoms with van der Waals surface area (Å²) in [6.07, 6.45) is 5.15. The van der Waals surface area contributed by atoms with Crippen molar-refractivity contribution in [3.05, 3.63) is 24.0 Å². The molecule has 5 nitrogen and oxygen atoms in total. The van der Waals surface area contributed by atoms with Crippen LogP contribution in [0.25, 0.3) is 0 Å². The first-order chi connectivity index (χ1) is 8.64. The fraction of sp³-hybridized carbons (Fsp3) is 0.538. The lowest BCUT2D eigenvalue weighted by molar-refractivity contribution is 0.0273. The van der Waals surface area contributed by atoms with Crippen molar-refractivity contribution < 1.29 is 9.53 Å². The minimum atomic E-state index is -0.282. The van der Waals surface area contributed by atoms with Gasteiger partial charge < -0.3 is 15.4 Å². The largest absolute Gasteiger partial charge is 0.387 e. The highest BCUT2D eigenvalue weighted by atomic mass is 16.5. The molecular weight excluding hydrogens is 230 g/mol. The Kier molecular flexibility index (Phi) is 3.81. The average molecular weight is 249 g/mol. The molecule has 0 bridgehead atoms. The number of carbonyl (C=O) groups is 1. The van der Waals surface area contributed by atoms with Gasteiger partial charge in [0.05, 0.1) is 17.7 Å². The van der Waals surface area contributed by atoms with Crippen LogP contribution in [0.4, 0.5) is 5.69 Å². The number of ether oxygens (including phenoxy) is 1. The molecule has 1 saturated heterocycles. The lowest BCUT2D eigenvalue weighted by Crippen LogP contribution is -2.51. The van der Waals surface area contributed by atoms with E-state index in [9.17, 15) is 4.79 Å². The zero-order chi connectivity index (χ0) is 13.0. The lowest BCUT2D eigenvalue weighted by atomic mass is 9.94. The van der Waals surface area contributed by atoms with Gasteiger partial charge in [0.25, 0.3) is 5.91 Å². The topological polar surface area (TPSA) is 63.2 Å². The zero-order valence-corrected chi connectivity index (χ0v) is 10.8. The second-order valence-corrected chi connectivity index (χ2v) is 4.84. The van der Waals surface area contributed by atoms with Crippen molar-refractivity contribution in [2.75, 3.05) is 25.6 Å². The molecule has 1 amide bonds. The van der Waals surface area contributed by atoms with E-state index >= 15 is 0 Å². The van der Waals surface area contributed by atoms with Crippen LogP contribution in [0.5, 0.6) is 0 Å². The maximum absolute atomic E-state index is 12.3. The number of rotatable bonds is 3. The minimum Gasteiger partial charge on any atom is -0.387 e. The Morgan fingerprint density at radius 3 is 3.06 bits per heavy atom. The van der Waals surface area contributed by atoms with Gasteiger partial charge in [-0.3, -0.25) is 9.78 Å². The van der Waals surface area contributed by atoms with Gasteiger partial charge in [0.15, 0.2) is 0 Å². The van der Waals surface area contributed by atoms with Gasteiger partial charge in [0.2, 0.25) is 0 Å². The van der Waals surface area contributed by atoms with Crippen molar-refractivity contribution in [1.82, 2.24) is 10.3 Å². The summed E-state index contributed by atoms with van der Waals surface area (Å²) in [5, 5.41) is 6.04. The number of hydrogen-bond donors (Lipinski definition) is 2. The van der Waals surface area contributed by atoms with Gasteiger partial charge in [-0.15, -0.1) is 0 Å². The molecule has 2 N–H and O–H groups in total. The molecule has 98 valence electrons. The van der Waals surface area contributed by atoms with Crippen LogP contribution in [0.3, 0.4) is 0 Å². The monoisotopic (exact) mass is 249 g/mol. The summed E-state index contributed by atoms with van der Waals surface area (Å²) >= 11 is 0. The quantitative estimate of drug-likeness (QED) is 0.850. The number of aromatic nitrogens is 1. The Morgan fingerprint density at radius 2 is 2.39 bits per heavy atom. The van der Waals surface area contributed by atoms with E-state index in [2.05, 4.69) is 15.6 Å². The number of pyridine rings is 1. The van der Waals surface area contributed by atoms with Crippen molar-refractivity contribution in [3.8, 4) is 0 Å². The Hall–Kier alpha value is -1.62. The summed E-state index contributed by atoms with van der Waals surface area (Å²) in [4.78, 5) is 16.2. The van der Waals surface area contributed by atoms with Crippen LogP contribution < -0.4 is 10.6 Å². The number of hydrogen-bond acceptors (Lipinski definition) is 4. The van der Waals surface area contributed by atoms with E-state index in [1.807, 2.05) is 6.92 Å². The van der Waals surface area contributed by atoms with Crippen LogP contribution in [0, 0.1) is 0 Å². The molecule has 2 heterocycles. The van der Waals surface area contributed by atoms with Gasteiger partial charge in [0, 0.05) is 31.7 Å². The molecule has 5 heteroatoms. The van der Waals surface area contributed by atoms with Crippen LogP contribution in [0.1, 0.15) is 30.1 Å². The first-order valence-corrected chi connectivity index (χ1v) is 6.17. The molecule has 1 aliphatic heterocycles. The molecule has 1 aromatic heterocycles. The van der Waals surface area contributed by atoms with E-state index in [-0.39, 0.29) is 11.4 Å². The molecule has 1 atom stereocenters. The highest BCUT2D eigenvalue weighted by molar-refractivity contribution is 5.99. The molecule has 1 unspecified atom stereocenters. The van der Waals surface area contributed by atoms with E-state index < -0.39 is 0 Å². The first-order valence-electron chi connectivity index (χ1n) is 6.17. The predicted molar refractivity (Wildman–Crippen MR) is 69.7 cm³/mol. The molecule has 1 aliphatic rings. The molecule has 1 aromatic rings. The molecule has 0 radical (unpaired) electrons. The predicted octanol–water partition coefficient (Wildman–Crippen LogP) is 1.42. The van der Waals surface area contributed by atoms with Gasteiger partial charge in [-0.1, -0.05) is 0 Å². The SMILES string of the molecule is CNc1ccncc1C(=O)NC1(C)CCCOC1. The van der Waals surface area contributed by atoms with E-state index in [0.717, 1.165) is 25.1 Å². The van der Waals surface area contributed by atoms with Crippen LogP contribution in [-0.4, -0.2) is 36.7 Å². The highest BCUT2D eigenvalue weighted by Gasteiger charge is 2.30. The van der Waals surface area contributed by atoms with Gasteiger partial charge in [-0.05, 0) is 25.8 Å². The van der Waals surface area contributed by atoms with Crippen LogP contribution in [-0.2, 0) is 4.74 Å². The Bertz CT molecular complexity index is 428. The third-order valence-electron chi connectivity index (χ3n) is 3.19. The lowest BCUT2D eigenvalue weighted by Gasteiger charge is -2.34. The maximum Gasteiger partial charge on any atom is 0.255 e. The van der Waals surface area contributed by atoms with Crippen molar-refractivity contribution in [3.63, 3.8) is 0 Å². The number of carbonyl (C=O) groups excluding carboxylic acids is 1. The Labute approximate surface area is 107 Å². The third kappa shape index (κ3) is 2.79. The smallest absolute Gasteiger partial charge is 0.255 e. The summed E-state index contributed by atoms with van der Waals surface area (Å²) in [7, 11) is 1.79. The molecule has 0 aliphatic carbocycles. The van der Waals surface area contributed by atoms with Gasteiger partial charge in [0.1, 0.15) is 0 Å². The molecule has 1 fully saturated rings. The standard InChI is InChI=1S/C13H19N3O2/c1-13(5-3-7-18-9-13)16-12(17)10-8-15-6-4-11(10)14-2/h4,6,8H,3,5,7,9H2,1-2H3,(H,14,15)(H,16,17). The maximum atomic E-state index is 12.3. The van der Waals surface area contributed by atoms with Gasteiger partial charge in [-0.2, -0.15) is 0 Å². The second-order valence-electron chi connectivity index (χ2n) is 4.84. The molecule has 2 rings (SSSR count). The Morgan fingerprint density at radius 1 is 1.56 bits per heavy atom. The minimum absolute atomic E-state index is 0.111. The number of nitrogens with one attached hydrogen (secondary N) is 2. The molecule has 0 saturated carbocycles. The summed E-state index contributed by atoms with van der Waals surface area (Å²) in [6, 6.07) is 1.79. The molecule has 18 heavy (non-hydrogen) atoms. The van der Waals surface area contributed by atoms with Crippen molar-refractivity contribution in [1.29, 1.82) is 0 Å². The van der Waals surface area contributed by atoms with Gasteiger partial charge in [-0.25, -0.2) is 0 Å². The van der Waals surface area contributed by atoms with E-state index in [1.165, 1.54) is 0 Å².